The van der Waals surface area contributed by atoms with E-state index >= 15 is 0 Å². The van der Waals surface area contributed by atoms with E-state index in [1.165, 1.54) is 6.42 Å². The molecule has 4 nitrogen and oxygen atoms in total. The van der Waals surface area contributed by atoms with Gasteiger partial charge in [-0.15, -0.1) is 0 Å². The monoisotopic (exact) mass is 228 g/mol. The number of carbonyl (C=O) groups is 1. The largest absolute Gasteiger partial charge is 0.379 e. The summed E-state index contributed by atoms with van der Waals surface area (Å²) in [7, 11) is 0. The minimum Gasteiger partial charge on any atom is -0.379 e. The first-order chi connectivity index (χ1) is 7.68. The molecule has 0 saturated heterocycles. The van der Waals surface area contributed by atoms with Crippen LogP contribution in [0.5, 0.6) is 0 Å². The smallest absolute Gasteiger partial charge is 0.315 e. The quantitative estimate of drug-likeness (QED) is 0.655. The second kappa shape index (κ2) is 7.49. The minimum absolute atomic E-state index is 0.0190. The molecule has 0 unspecified atom stereocenters. The Morgan fingerprint density at radius 2 is 2.12 bits per heavy atom. The minimum atomic E-state index is -0.0190. The summed E-state index contributed by atoms with van der Waals surface area (Å²) in [4.78, 5) is 11.3. The topological polar surface area (TPSA) is 50.4 Å². The van der Waals surface area contributed by atoms with Crippen molar-refractivity contribution >= 4 is 6.03 Å². The van der Waals surface area contributed by atoms with Crippen LogP contribution in [0.25, 0.3) is 0 Å². The molecule has 4 heteroatoms. The van der Waals surface area contributed by atoms with Crippen molar-refractivity contribution in [1.82, 2.24) is 10.6 Å². The van der Waals surface area contributed by atoms with Crippen molar-refractivity contribution in [3.8, 4) is 0 Å². The summed E-state index contributed by atoms with van der Waals surface area (Å²) in [5.41, 5.74) is 0. The summed E-state index contributed by atoms with van der Waals surface area (Å²) >= 11 is 0. The van der Waals surface area contributed by atoms with Crippen LogP contribution < -0.4 is 10.6 Å². The fraction of sp³-hybridized carbons (Fsp3) is 0.917. The van der Waals surface area contributed by atoms with Crippen LogP contribution in [0.4, 0.5) is 4.79 Å². The maximum absolute atomic E-state index is 11.3. The molecule has 0 heterocycles. The zero-order chi connectivity index (χ0) is 11.8. The van der Waals surface area contributed by atoms with Crippen LogP contribution in [0, 0.1) is 0 Å². The Kier molecular flexibility index (Phi) is 6.23. The molecule has 1 aliphatic carbocycles. The fourth-order valence-electron chi connectivity index (χ4n) is 1.54. The molecule has 0 aromatic heterocycles. The molecule has 2 N–H and O–H groups in total. The Morgan fingerprint density at radius 3 is 2.69 bits per heavy atom. The lowest BCUT2D eigenvalue weighted by atomic mass is 9.93. The van der Waals surface area contributed by atoms with Crippen molar-refractivity contribution in [2.24, 2.45) is 0 Å². The van der Waals surface area contributed by atoms with Crippen molar-refractivity contribution in [3.63, 3.8) is 0 Å². The van der Waals surface area contributed by atoms with Gasteiger partial charge in [0, 0.05) is 19.2 Å². The second-order valence-electron chi connectivity index (χ2n) is 4.65. The number of unbranched alkanes of at least 4 members (excludes halogenated alkanes) is 1. The van der Waals surface area contributed by atoms with Crippen LogP contribution in [-0.4, -0.2) is 31.3 Å². The third-order valence-electron chi connectivity index (χ3n) is 2.75. The Balaban J connectivity index is 1.84. The van der Waals surface area contributed by atoms with Gasteiger partial charge in [-0.25, -0.2) is 4.79 Å². The lowest BCUT2D eigenvalue weighted by Crippen LogP contribution is -2.45. The SMILES string of the molecule is CC(C)OCCCCNC(=O)NC1CCC1. The van der Waals surface area contributed by atoms with Gasteiger partial charge in [0.25, 0.3) is 0 Å². The Labute approximate surface area is 98.1 Å². The van der Waals surface area contributed by atoms with Gasteiger partial charge in [-0.1, -0.05) is 0 Å². The predicted octanol–water partition coefficient (Wildman–Crippen LogP) is 2.04. The summed E-state index contributed by atoms with van der Waals surface area (Å²) < 4.78 is 5.41. The summed E-state index contributed by atoms with van der Waals surface area (Å²) in [6, 6.07) is 0.402. The number of ether oxygens (including phenoxy) is 1. The molecule has 0 aromatic rings. The molecule has 0 aromatic carbocycles. The van der Waals surface area contributed by atoms with E-state index in [-0.39, 0.29) is 6.03 Å². The van der Waals surface area contributed by atoms with E-state index in [0.717, 1.165) is 38.8 Å². The predicted molar refractivity (Wildman–Crippen MR) is 64.5 cm³/mol. The van der Waals surface area contributed by atoms with Crippen LogP contribution in [0.15, 0.2) is 0 Å². The summed E-state index contributed by atoms with van der Waals surface area (Å²) in [6.45, 7) is 5.58. The van der Waals surface area contributed by atoms with Gasteiger partial charge < -0.3 is 15.4 Å². The molecule has 0 spiro atoms. The van der Waals surface area contributed by atoms with E-state index in [0.29, 0.717) is 12.1 Å². The number of nitrogens with one attached hydrogen (secondary N) is 2. The first kappa shape index (κ1) is 13.3. The molecular formula is C12H24N2O2. The van der Waals surface area contributed by atoms with Crippen LogP contribution in [0.3, 0.4) is 0 Å². The number of hydrogen-bond acceptors (Lipinski definition) is 2. The molecule has 1 fully saturated rings. The van der Waals surface area contributed by atoms with Gasteiger partial charge in [-0.2, -0.15) is 0 Å². The molecule has 0 bridgehead atoms. The lowest BCUT2D eigenvalue weighted by Gasteiger charge is -2.26. The van der Waals surface area contributed by atoms with Gasteiger partial charge in [0.2, 0.25) is 0 Å². The van der Waals surface area contributed by atoms with E-state index in [4.69, 9.17) is 4.74 Å². The van der Waals surface area contributed by atoms with Gasteiger partial charge in [0.05, 0.1) is 6.10 Å². The molecule has 94 valence electrons. The lowest BCUT2D eigenvalue weighted by molar-refractivity contribution is 0.0761. The fourth-order valence-corrected chi connectivity index (χ4v) is 1.54. The third kappa shape index (κ3) is 5.95. The average Bonchev–Trinajstić information content (AvgIpc) is 2.17. The van der Waals surface area contributed by atoms with Crippen molar-refractivity contribution < 1.29 is 9.53 Å². The maximum atomic E-state index is 11.3. The number of urea groups is 1. The maximum Gasteiger partial charge on any atom is 0.315 e. The van der Waals surface area contributed by atoms with Gasteiger partial charge in [0.1, 0.15) is 0 Å². The molecule has 1 aliphatic rings. The Bertz CT molecular complexity index is 203. The normalized spacial score (nSPS) is 15.9. The first-order valence-electron chi connectivity index (χ1n) is 6.34. The second-order valence-corrected chi connectivity index (χ2v) is 4.65. The van der Waals surface area contributed by atoms with Crippen LogP contribution in [-0.2, 0) is 4.74 Å². The van der Waals surface area contributed by atoms with Gasteiger partial charge in [-0.05, 0) is 46.0 Å². The van der Waals surface area contributed by atoms with E-state index in [1.807, 2.05) is 13.8 Å². The highest BCUT2D eigenvalue weighted by atomic mass is 16.5. The van der Waals surface area contributed by atoms with Crippen molar-refractivity contribution in [2.45, 2.75) is 58.1 Å². The third-order valence-corrected chi connectivity index (χ3v) is 2.75. The number of rotatable bonds is 7. The highest BCUT2D eigenvalue weighted by Gasteiger charge is 2.18. The van der Waals surface area contributed by atoms with E-state index in [9.17, 15) is 4.79 Å². The summed E-state index contributed by atoms with van der Waals surface area (Å²) in [5, 5.41) is 5.81. The van der Waals surface area contributed by atoms with E-state index in [2.05, 4.69) is 10.6 Å². The molecule has 2 amide bonds. The number of carbonyl (C=O) groups excluding carboxylic acids is 1. The number of amides is 2. The molecular weight excluding hydrogens is 204 g/mol. The number of hydrogen-bond donors (Lipinski definition) is 2. The van der Waals surface area contributed by atoms with Crippen LogP contribution >= 0.6 is 0 Å². The molecule has 1 saturated carbocycles. The van der Waals surface area contributed by atoms with Crippen LogP contribution in [0.1, 0.15) is 46.0 Å². The standard InChI is InChI=1S/C12H24N2O2/c1-10(2)16-9-4-3-8-13-12(15)14-11-6-5-7-11/h10-11H,3-9H2,1-2H3,(H2,13,14,15). The van der Waals surface area contributed by atoms with Gasteiger partial charge >= 0.3 is 6.03 Å². The highest BCUT2D eigenvalue weighted by molar-refractivity contribution is 5.74. The molecule has 1 rings (SSSR count). The molecule has 0 atom stereocenters. The molecule has 0 radical (unpaired) electrons. The highest BCUT2D eigenvalue weighted by Crippen LogP contribution is 2.17. The van der Waals surface area contributed by atoms with E-state index < -0.39 is 0 Å². The molecule has 0 aliphatic heterocycles. The van der Waals surface area contributed by atoms with Crippen molar-refractivity contribution in [2.75, 3.05) is 13.2 Å². The van der Waals surface area contributed by atoms with E-state index in [1.54, 1.807) is 0 Å². The van der Waals surface area contributed by atoms with Crippen LogP contribution in [0.2, 0.25) is 0 Å². The Morgan fingerprint density at radius 1 is 1.38 bits per heavy atom. The summed E-state index contributed by atoms with van der Waals surface area (Å²) in [6.07, 6.45) is 5.80. The summed E-state index contributed by atoms with van der Waals surface area (Å²) in [5.74, 6) is 0. The van der Waals surface area contributed by atoms with Crippen molar-refractivity contribution in [1.29, 1.82) is 0 Å². The average molecular weight is 228 g/mol. The molecule has 16 heavy (non-hydrogen) atoms. The zero-order valence-corrected chi connectivity index (χ0v) is 10.4. The first-order valence-corrected chi connectivity index (χ1v) is 6.34. The van der Waals surface area contributed by atoms with Gasteiger partial charge in [0.15, 0.2) is 0 Å². The zero-order valence-electron chi connectivity index (χ0n) is 10.4. The van der Waals surface area contributed by atoms with Crippen molar-refractivity contribution in [3.05, 3.63) is 0 Å². The van der Waals surface area contributed by atoms with Gasteiger partial charge in [-0.3, -0.25) is 0 Å². The Hall–Kier alpha value is -0.770.